The topological polar surface area (TPSA) is 88.7 Å². The van der Waals surface area contributed by atoms with Crippen molar-refractivity contribution in [2.45, 2.75) is 50.9 Å². The molecule has 1 aromatic heterocycles. The fourth-order valence-corrected chi connectivity index (χ4v) is 4.98. The van der Waals surface area contributed by atoms with Gasteiger partial charge in [0, 0.05) is 30.3 Å². The van der Waals surface area contributed by atoms with Crippen molar-refractivity contribution in [2.24, 2.45) is 5.92 Å². The lowest BCUT2D eigenvalue weighted by atomic mass is 9.85. The number of nitrogens with zero attached hydrogens (tertiary/aromatic N) is 3. The van der Waals surface area contributed by atoms with Crippen molar-refractivity contribution in [3.63, 3.8) is 0 Å². The van der Waals surface area contributed by atoms with E-state index in [0.29, 0.717) is 30.3 Å². The van der Waals surface area contributed by atoms with E-state index >= 15 is 0 Å². The minimum Gasteiger partial charge on any atom is -0.482 e. The Kier molecular flexibility index (Phi) is 8.39. The minimum atomic E-state index is -1.35. The van der Waals surface area contributed by atoms with Gasteiger partial charge in [-0.2, -0.15) is 4.98 Å². The molecule has 198 valence electrons. The van der Waals surface area contributed by atoms with Gasteiger partial charge in [0.05, 0.1) is 5.92 Å². The van der Waals surface area contributed by atoms with E-state index in [1.165, 1.54) is 23.3 Å². The third-order valence-corrected chi connectivity index (χ3v) is 7.02. The standard InChI is InChI=1S/C26H26F3N3O4.ClH/c27-11-21(12-28)35-23-8-5-17(10-22(23)29)25-30-24(31-36-25)16-1-2-18-13-32(14-19(18)9-16)20-6-3-15(4-7-20)26(33)34;/h1-2,5,8-10,15,20-21H,3-4,6-7,11-14H2,(H,33,34);1H. The lowest BCUT2D eigenvalue weighted by Crippen LogP contribution is -2.35. The maximum atomic E-state index is 14.4. The van der Waals surface area contributed by atoms with E-state index in [4.69, 9.17) is 9.26 Å². The van der Waals surface area contributed by atoms with Crippen LogP contribution in [0.3, 0.4) is 0 Å². The summed E-state index contributed by atoms with van der Waals surface area (Å²) >= 11 is 0. The summed E-state index contributed by atoms with van der Waals surface area (Å²) < 4.78 is 50.1. The molecule has 1 aliphatic heterocycles. The Bertz CT molecular complexity index is 1250. The van der Waals surface area contributed by atoms with Crippen LogP contribution in [0.1, 0.15) is 36.8 Å². The number of hydrogen-bond acceptors (Lipinski definition) is 6. The molecule has 0 unspecified atom stereocenters. The Balaban J connectivity index is 0.00000320. The van der Waals surface area contributed by atoms with Crippen molar-refractivity contribution >= 4 is 18.4 Å². The van der Waals surface area contributed by atoms with Crippen molar-refractivity contribution in [2.75, 3.05) is 13.3 Å². The van der Waals surface area contributed by atoms with Crippen LogP contribution in [0.15, 0.2) is 40.9 Å². The molecule has 0 saturated heterocycles. The van der Waals surface area contributed by atoms with Crippen LogP contribution in [0.2, 0.25) is 0 Å². The van der Waals surface area contributed by atoms with Crippen LogP contribution in [-0.2, 0) is 17.9 Å². The molecule has 7 nitrogen and oxygen atoms in total. The molecule has 1 fully saturated rings. The predicted molar refractivity (Wildman–Crippen MR) is 131 cm³/mol. The zero-order valence-corrected chi connectivity index (χ0v) is 20.7. The minimum absolute atomic E-state index is 0. The van der Waals surface area contributed by atoms with Crippen LogP contribution >= 0.6 is 12.4 Å². The predicted octanol–water partition coefficient (Wildman–Crippen LogP) is 5.61. The lowest BCUT2D eigenvalue weighted by Gasteiger charge is -2.33. The van der Waals surface area contributed by atoms with Crippen molar-refractivity contribution in [1.82, 2.24) is 15.0 Å². The van der Waals surface area contributed by atoms with Crippen LogP contribution < -0.4 is 4.74 Å². The van der Waals surface area contributed by atoms with Crippen molar-refractivity contribution in [3.8, 4) is 28.6 Å². The summed E-state index contributed by atoms with van der Waals surface area (Å²) in [5.41, 5.74) is 3.48. The first-order valence-electron chi connectivity index (χ1n) is 12.0. The summed E-state index contributed by atoms with van der Waals surface area (Å²) in [5.74, 6) is -1.49. The maximum absolute atomic E-state index is 14.4. The summed E-state index contributed by atoms with van der Waals surface area (Å²) in [4.78, 5) is 18.0. The SMILES string of the molecule is Cl.O=C(O)C1CCC(N2Cc3ccc(-c4noc(-c5ccc(OC(CF)CF)c(F)c5)n4)cc3C2)CC1. The van der Waals surface area contributed by atoms with Crippen molar-refractivity contribution in [3.05, 3.63) is 53.3 Å². The third kappa shape index (κ3) is 5.75. The molecular formula is C26H27ClF3N3O4. The number of carboxylic acids is 1. The zero-order valence-electron chi connectivity index (χ0n) is 19.9. The van der Waals surface area contributed by atoms with E-state index in [0.717, 1.165) is 37.6 Å². The Labute approximate surface area is 218 Å². The molecule has 1 saturated carbocycles. The average Bonchev–Trinajstić information content (AvgIpc) is 3.55. The second-order valence-electron chi connectivity index (χ2n) is 9.35. The van der Waals surface area contributed by atoms with E-state index in [1.54, 1.807) is 0 Å². The number of aliphatic carboxylic acids is 1. The van der Waals surface area contributed by atoms with Crippen LogP contribution in [0.4, 0.5) is 13.2 Å². The quantitative estimate of drug-likeness (QED) is 0.399. The smallest absolute Gasteiger partial charge is 0.306 e. The first kappa shape index (κ1) is 26.9. The molecule has 2 aromatic carbocycles. The molecule has 2 aliphatic rings. The summed E-state index contributed by atoms with van der Waals surface area (Å²) in [5, 5.41) is 13.3. The van der Waals surface area contributed by atoms with Gasteiger partial charge in [-0.05, 0) is 61.1 Å². The molecule has 0 spiro atoms. The van der Waals surface area contributed by atoms with Gasteiger partial charge in [0.2, 0.25) is 5.82 Å². The molecule has 3 aromatic rings. The van der Waals surface area contributed by atoms with E-state index in [9.17, 15) is 23.1 Å². The first-order valence-corrected chi connectivity index (χ1v) is 12.0. The Morgan fingerprint density at radius 1 is 1.05 bits per heavy atom. The molecule has 1 N–H and O–H groups in total. The normalized spacial score (nSPS) is 19.5. The van der Waals surface area contributed by atoms with Gasteiger partial charge in [-0.1, -0.05) is 17.3 Å². The summed E-state index contributed by atoms with van der Waals surface area (Å²) in [6, 6.07) is 10.3. The third-order valence-electron chi connectivity index (χ3n) is 7.02. The van der Waals surface area contributed by atoms with Gasteiger partial charge in [0.1, 0.15) is 13.3 Å². The second kappa shape index (κ2) is 11.5. The van der Waals surface area contributed by atoms with Crippen LogP contribution in [0.5, 0.6) is 5.75 Å². The monoisotopic (exact) mass is 537 g/mol. The van der Waals surface area contributed by atoms with Gasteiger partial charge in [0.25, 0.3) is 5.89 Å². The number of rotatable bonds is 8. The van der Waals surface area contributed by atoms with E-state index in [2.05, 4.69) is 15.0 Å². The molecule has 0 bridgehead atoms. The Hall–Kier alpha value is -3.11. The maximum Gasteiger partial charge on any atom is 0.306 e. The zero-order chi connectivity index (χ0) is 25.2. The highest BCUT2D eigenvalue weighted by atomic mass is 35.5. The molecule has 5 rings (SSSR count). The van der Waals surface area contributed by atoms with Gasteiger partial charge in [-0.25, -0.2) is 13.2 Å². The number of fused-ring (bicyclic) bond motifs is 1. The molecule has 37 heavy (non-hydrogen) atoms. The highest BCUT2D eigenvalue weighted by Crippen LogP contribution is 2.35. The average molecular weight is 538 g/mol. The summed E-state index contributed by atoms with van der Waals surface area (Å²) in [7, 11) is 0. The largest absolute Gasteiger partial charge is 0.482 e. The fourth-order valence-electron chi connectivity index (χ4n) is 4.98. The lowest BCUT2D eigenvalue weighted by molar-refractivity contribution is -0.143. The van der Waals surface area contributed by atoms with Gasteiger partial charge in [-0.15, -0.1) is 12.4 Å². The Morgan fingerprint density at radius 3 is 2.43 bits per heavy atom. The van der Waals surface area contributed by atoms with Gasteiger partial charge in [-0.3, -0.25) is 9.69 Å². The van der Waals surface area contributed by atoms with Crippen LogP contribution in [0, 0.1) is 11.7 Å². The first-order chi connectivity index (χ1) is 17.4. The molecule has 0 amide bonds. The number of benzene rings is 2. The summed E-state index contributed by atoms with van der Waals surface area (Å²) in [6.07, 6.45) is 1.84. The Morgan fingerprint density at radius 2 is 1.76 bits per heavy atom. The van der Waals surface area contributed by atoms with Gasteiger partial charge in [0.15, 0.2) is 17.7 Å². The molecule has 11 heteroatoms. The number of aromatic nitrogens is 2. The van der Waals surface area contributed by atoms with Crippen molar-refractivity contribution in [1.29, 1.82) is 0 Å². The number of ether oxygens (including phenoxy) is 1. The molecule has 0 atom stereocenters. The number of carbonyl (C=O) groups is 1. The highest BCUT2D eigenvalue weighted by molar-refractivity contribution is 5.85. The number of alkyl halides is 2. The van der Waals surface area contributed by atoms with E-state index in [-0.39, 0.29) is 30.0 Å². The molecule has 0 radical (unpaired) electrons. The number of halogens is 4. The van der Waals surface area contributed by atoms with E-state index in [1.807, 2.05) is 18.2 Å². The highest BCUT2D eigenvalue weighted by Gasteiger charge is 2.32. The van der Waals surface area contributed by atoms with E-state index < -0.39 is 31.2 Å². The van der Waals surface area contributed by atoms with Crippen LogP contribution in [-0.4, -0.2) is 51.6 Å². The number of carboxylic acid groups (broad SMARTS) is 1. The second-order valence-corrected chi connectivity index (χ2v) is 9.35. The van der Waals surface area contributed by atoms with Crippen molar-refractivity contribution < 1.29 is 32.3 Å². The number of hydrogen-bond donors (Lipinski definition) is 1. The fraction of sp³-hybridized carbons (Fsp3) is 0.423. The van der Waals surface area contributed by atoms with Crippen LogP contribution in [0.25, 0.3) is 22.8 Å². The summed E-state index contributed by atoms with van der Waals surface area (Å²) in [6.45, 7) is -0.513. The molecule has 1 aliphatic carbocycles. The molecular weight excluding hydrogens is 511 g/mol. The molecule has 2 heterocycles. The van der Waals surface area contributed by atoms with Gasteiger partial charge >= 0.3 is 5.97 Å². The van der Waals surface area contributed by atoms with Gasteiger partial charge < -0.3 is 14.4 Å².